The first-order chi connectivity index (χ1) is 21.6. The topological polar surface area (TPSA) is 71.4 Å². The molecule has 0 unspecified atom stereocenters. The highest BCUT2D eigenvalue weighted by Gasteiger charge is 2.19. The molecule has 0 saturated carbocycles. The summed E-state index contributed by atoms with van der Waals surface area (Å²) in [6, 6.07) is 45.7. The Bertz CT molecular complexity index is 2470. The molecule has 0 N–H and O–H groups in total. The van der Waals surface area contributed by atoms with Crippen molar-refractivity contribution in [3.63, 3.8) is 0 Å². The number of nitriles is 3. The van der Waals surface area contributed by atoms with Crippen LogP contribution in [0.3, 0.4) is 0 Å². The van der Waals surface area contributed by atoms with Crippen LogP contribution < -0.4 is 0 Å². The quantitative estimate of drug-likeness (QED) is 0.205. The third kappa shape index (κ3) is 4.06. The van der Waals surface area contributed by atoms with Gasteiger partial charge in [0.1, 0.15) is 6.07 Å². The van der Waals surface area contributed by atoms with Gasteiger partial charge in [0.2, 0.25) is 0 Å². The minimum absolute atomic E-state index is 0.421. The van der Waals surface area contributed by atoms with Crippen molar-refractivity contribution in [2.24, 2.45) is 0 Å². The van der Waals surface area contributed by atoms with E-state index in [9.17, 15) is 15.8 Å². The zero-order valence-electron chi connectivity index (χ0n) is 23.1. The number of thiophene rings is 2. The lowest BCUT2D eigenvalue weighted by molar-refractivity contribution is 1.44. The van der Waals surface area contributed by atoms with Crippen LogP contribution in [0.1, 0.15) is 16.7 Å². The van der Waals surface area contributed by atoms with E-state index in [1.807, 2.05) is 18.2 Å². The van der Waals surface area contributed by atoms with Crippen LogP contribution in [0.2, 0.25) is 0 Å². The summed E-state index contributed by atoms with van der Waals surface area (Å²) in [5.41, 5.74) is 6.47. The Kier molecular flexibility index (Phi) is 6.00. The maximum atomic E-state index is 10.7. The maximum Gasteiger partial charge on any atom is 0.100 e. The van der Waals surface area contributed by atoms with Gasteiger partial charge in [0.15, 0.2) is 0 Å². The molecule has 0 fully saturated rings. The molecule has 0 atom stereocenters. The summed E-state index contributed by atoms with van der Waals surface area (Å²) in [6.07, 6.45) is 0. The molecule has 0 saturated heterocycles. The number of hydrogen-bond acceptors (Lipinski definition) is 5. The summed E-state index contributed by atoms with van der Waals surface area (Å²) in [7, 11) is 0. The van der Waals surface area contributed by atoms with E-state index in [0.29, 0.717) is 16.7 Å². The molecule has 0 spiro atoms. The van der Waals surface area contributed by atoms with Crippen molar-refractivity contribution in [3.8, 4) is 51.6 Å². The van der Waals surface area contributed by atoms with E-state index < -0.39 is 0 Å². The molecule has 0 radical (unpaired) electrons. The van der Waals surface area contributed by atoms with Gasteiger partial charge in [-0.2, -0.15) is 15.8 Å². The van der Waals surface area contributed by atoms with Crippen LogP contribution in [0.4, 0.5) is 0 Å². The van der Waals surface area contributed by atoms with Gasteiger partial charge in [0.25, 0.3) is 0 Å². The van der Waals surface area contributed by atoms with Gasteiger partial charge in [-0.05, 0) is 82.9 Å². The van der Waals surface area contributed by atoms with E-state index >= 15 is 0 Å². The third-order valence-electron chi connectivity index (χ3n) is 8.21. The maximum absolute atomic E-state index is 10.7. The van der Waals surface area contributed by atoms with Gasteiger partial charge in [-0.25, -0.2) is 0 Å². The Hall–Kier alpha value is -5.77. The van der Waals surface area contributed by atoms with E-state index in [0.717, 1.165) is 44.2 Å². The van der Waals surface area contributed by atoms with E-state index in [-0.39, 0.29) is 0 Å². The van der Waals surface area contributed by atoms with Gasteiger partial charge in [-0.15, -0.1) is 22.7 Å². The second-order valence-electron chi connectivity index (χ2n) is 10.7. The second-order valence-corrected chi connectivity index (χ2v) is 12.8. The van der Waals surface area contributed by atoms with Crippen LogP contribution in [-0.2, 0) is 0 Å². The van der Waals surface area contributed by atoms with Crippen molar-refractivity contribution in [1.82, 2.24) is 0 Å². The normalized spacial score (nSPS) is 11.1. The fourth-order valence-electron chi connectivity index (χ4n) is 6.12. The summed E-state index contributed by atoms with van der Waals surface area (Å²) in [6.45, 7) is 0. The zero-order chi connectivity index (χ0) is 29.8. The van der Waals surface area contributed by atoms with Crippen molar-refractivity contribution in [2.45, 2.75) is 0 Å². The van der Waals surface area contributed by atoms with Gasteiger partial charge >= 0.3 is 0 Å². The Morgan fingerprint density at radius 2 is 0.955 bits per heavy atom. The van der Waals surface area contributed by atoms with Gasteiger partial charge < -0.3 is 0 Å². The lowest BCUT2D eigenvalue weighted by Gasteiger charge is -2.15. The van der Waals surface area contributed by atoms with Crippen molar-refractivity contribution >= 4 is 63.0 Å². The highest BCUT2D eigenvalue weighted by molar-refractivity contribution is 7.26. The van der Waals surface area contributed by atoms with Crippen molar-refractivity contribution < 1.29 is 0 Å². The fourth-order valence-corrected chi connectivity index (χ4v) is 8.29. The summed E-state index contributed by atoms with van der Waals surface area (Å²) in [4.78, 5) is 0. The zero-order valence-corrected chi connectivity index (χ0v) is 24.8. The first-order valence-electron chi connectivity index (χ1n) is 14.0. The number of fused-ring (bicyclic) bond motifs is 6. The average Bonchev–Trinajstić information content (AvgIpc) is 3.65. The number of rotatable bonds is 3. The molecule has 0 aliphatic carbocycles. The average molecular weight is 594 g/mol. The summed E-state index contributed by atoms with van der Waals surface area (Å²) >= 11 is 3.52. The SMILES string of the molecule is N#Cc1ccc(-c2cc(-c3ccc4sc5ccccc5c4c3)c(C#N)c(-c3ccc4sc5ccccc5c4c3)c2)c(C#N)c1. The lowest BCUT2D eigenvalue weighted by Crippen LogP contribution is -1.94. The molecule has 2 aromatic heterocycles. The predicted octanol–water partition coefficient (Wildman–Crippen LogP) is 11.0. The van der Waals surface area contributed by atoms with Gasteiger partial charge in [-0.3, -0.25) is 0 Å². The molecule has 6 aromatic carbocycles. The Labute approximate surface area is 261 Å². The van der Waals surface area contributed by atoms with Gasteiger partial charge in [0.05, 0.1) is 28.8 Å². The third-order valence-corrected chi connectivity index (χ3v) is 10.5. The van der Waals surface area contributed by atoms with Crippen LogP contribution in [0.15, 0.2) is 115 Å². The van der Waals surface area contributed by atoms with Crippen LogP contribution in [0.5, 0.6) is 0 Å². The molecule has 0 bridgehead atoms. The second kappa shape index (κ2) is 10.2. The summed E-state index contributed by atoms with van der Waals surface area (Å²) < 4.78 is 4.83. The van der Waals surface area contributed by atoms with Crippen molar-refractivity contribution in [3.05, 3.63) is 132 Å². The van der Waals surface area contributed by atoms with Crippen LogP contribution >= 0.6 is 22.7 Å². The Morgan fingerprint density at radius 3 is 1.48 bits per heavy atom. The standard InChI is InChI=1S/C39H19N3S2/c40-20-23-9-12-28(27(15-23)21-41)26-18-31(24-10-13-38-33(16-24)29-5-1-3-7-36(29)43-38)35(22-42)32(19-26)25-11-14-39-34(17-25)30-6-2-4-8-37(30)44-39/h1-19H. The largest absolute Gasteiger partial charge is 0.192 e. The van der Waals surface area contributed by atoms with E-state index in [2.05, 4.69) is 103 Å². The van der Waals surface area contributed by atoms with Gasteiger partial charge in [0, 0.05) is 51.5 Å². The molecular weight excluding hydrogens is 575 g/mol. The molecule has 0 aliphatic rings. The smallest absolute Gasteiger partial charge is 0.100 e. The molecule has 44 heavy (non-hydrogen) atoms. The highest BCUT2D eigenvalue weighted by atomic mass is 32.1. The van der Waals surface area contributed by atoms with Crippen LogP contribution in [0, 0.1) is 34.0 Å². The Morgan fingerprint density at radius 1 is 0.409 bits per heavy atom. The molecule has 8 rings (SSSR count). The number of hydrogen-bond donors (Lipinski definition) is 0. The molecule has 0 amide bonds. The summed E-state index contributed by atoms with van der Waals surface area (Å²) in [5, 5.41) is 34.9. The molecule has 2 heterocycles. The molecule has 8 aromatic rings. The van der Waals surface area contributed by atoms with E-state index in [1.54, 1.807) is 34.8 Å². The first kappa shape index (κ1) is 25.9. The van der Waals surface area contributed by atoms with Crippen molar-refractivity contribution in [1.29, 1.82) is 15.8 Å². The lowest BCUT2D eigenvalue weighted by atomic mass is 9.86. The highest BCUT2D eigenvalue weighted by Crippen LogP contribution is 2.43. The minimum atomic E-state index is 0.421. The Balaban J connectivity index is 1.43. The monoisotopic (exact) mass is 593 g/mol. The van der Waals surface area contributed by atoms with E-state index in [1.165, 1.54) is 29.6 Å². The molecule has 5 heteroatoms. The van der Waals surface area contributed by atoms with Crippen LogP contribution in [0.25, 0.3) is 73.7 Å². The first-order valence-corrected chi connectivity index (χ1v) is 15.6. The summed E-state index contributed by atoms with van der Waals surface area (Å²) in [5.74, 6) is 0. The van der Waals surface area contributed by atoms with Gasteiger partial charge in [-0.1, -0.05) is 54.6 Å². The van der Waals surface area contributed by atoms with Crippen LogP contribution in [-0.4, -0.2) is 0 Å². The van der Waals surface area contributed by atoms with Crippen molar-refractivity contribution in [2.75, 3.05) is 0 Å². The predicted molar refractivity (Wildman–Crippen MR) is 183 cm³/mol. The molecule has 202 valence electrons. The number of nitrogens with zero attached hydrogens (tertiary/aromatic N) is 3. The minimum Gasteiger partial charge on any atom is -0.192 e. The molecular formula is C39H19N3S2. The molecule has 3 nitrogen and oxygen atoms in total. The molecule has 0 aliphatic heterocycles. The fraction of sp³-hybridized carbons (Fsp3) is 0. The van der Waals surface area contributed by atoms with E-state index in [4.69, 9.17) is 0 Å². The number of benzene rings is 6.